The first kappa shape index (κ1) is 21.8. The fraction of sp³-hybridized carbons (Fsp3) is 0.462. The Morgan fingerprint density at radius 1 is 1.10 bits per heavy atom. The molecule has 2 aliphatic carbocycles. The first-order valence-electron chi connectivity index (χ1n) is 11.3. The molecular weight excluding hydrogens is 406 g/mol. The second-order valence-corrected chi connectivity index (χ2v) is 9.67. The minimum absolute atomic E-state index is 0.0184. The van der Waals surface area contributed by atoms with E-state index in [1.54, 1.807) is 0 Å². The van der Waals surface area contributed by atoms with Gasteiger partial charge < -0.3 is 10.1 Å². The molecule has 1 atom stereocenters. The summed E-state index contributed by atoms with van der Waals surface area (Å²) in [7, 11) is 1.45. The summed E-state index contributed by atoms with van der Waals surface area (Å²) in [6.45, 7) is 0.682. The number of amides is 1. The summed E-state index contributed by atoms with van der Waals surface area (Å²) >= 11 is 1.53. The van der Waals surface area contributed by atoms with Crippen molar-refractivity contribution in [2.45, 2.75) is 50.9 Å². The Morgan fingerprint density at radius 2 is 1.87 bits per heavy atom. The molecule has 1 N–H and O–H groups in total. The number of thiophene rings is 1. The van der Waals surface area contributed by atoms with Crippen LogP contribution in [0.15, 0.2) is 47.9 Å². The highest BCUT2D eigenvalue weighted by atomic mass is 32.1. The van der Waals surface area contributed by atoms with Crippen molar-refractivity contribution in [3.63, 3.8) is 0 Å². The van der Waals surface area contributed by atoms with Crippen LogP contribution in [0.5, 0.6) is 0 Å². The number of esters is 1. The predicted molar refractivity (Wildman–Crippen MR) is 125 cm³/mol. The van der Waals surface area contributed by atoms with Crippen LogP contribution in [-0.2, 0) is 9.53 Å². The lowest BCUT2D eigenvalue weighted by molar-refractivity contribution is -0.146. The van der Waals surface area contributed by atoms with E-state index in [2.05, 4.69) is 47.1 Å². The van der Waals surface area contributed by atoms with Gasteiger partial charge in [-0.05, 0) is 84.9 Å². The summed E-state index contributed by atoms with van der Waals surface area (Å²) in [4.78, 5) is 25.1. The summed E-state index contributed by atoms with van der Waals surface area (Å²) in [6, 6.07) is 12.8. The fourth-order valence-electron chi connectivity index (χ4n) is 4.84. The number of carbonyl (C=O) groups is 2. The molecule has 1 amide bonds. The van der Waals surface area contributed by atoms with E-state index in [0.717, 1.165) is 49.8 Å². The summed E-state index contributed by atoms with van der Waals surface area (Å²) in [5.41, 5.74) is 3.98. The zero-order valence-electron chi connectivity index (χ0n) is 18.1. The van der Waals surface area contributed by atoms with Crippen molar-refractivity contribution in [3.8, 4) is 0 Å². The van der Waals surface area contributed by atoms with E-state index in [1.165, 1.54) is 35.1 Å². The minimum atomic E-state index is -0.0966. The number of nitrogens with one attached hydrogen (secondary N) is 1. The SMILES string of the molecule is COC(=O)C1CCC(CNC(=O)c2cc(C3=CCC(c4ccccc4)CC3)cs2)CC1. The highest BCUT2D eigenvalue weighted by Gasteiger charge is 2.27. The van der Waals surface area contributed by atoms with Crippen LogP contribution in [0.2, 0.25) is 0 Å². The zero-order chi connectivity index (χ0) is 21.6. The van der Waals surface area contributed by atoms with Gasteiger partial charge in [-0.25, -0.2) is 0 Å². The number of hydrogen-bond acceptors (Lipinski definition) is 4. The number of ether oxygens (including phenoxy) is 1. The van der Waals surface area contributed by atoms with Gasteiger partial charge >= 0.3 is 5.97 Å². The number of benzene rings is 1. The molecule has 0 aliphatic heterocycles. The van der Waals surface area contributed by atoms with E-state index in [4.69, 9.17) is 4.74 Å². The maximum Gasteiger partial charge on any atom is 0.308 e. The van der Waals surface area contributed by atoms with Crippen molar-refractivity contribution in [2.24, 2.45) is 11.8 Å². The lowest BCUT2D eigenvalue weighted by Gasteiger charge is -2.26. The molecule has 2 aromatic rings. The number of allylic oxidation sites excluding steroid dienone is 2. The van der Waals surface area contributed by atoms with Gasteiger partial charge in [-0.3, -0.25) is 9.59 Å². The molecule has 4 rings (SSSR count). The van der Waals surface area contributed by atoms with E-state index < -0.39 is 0 Å². The Hall–Kier alpha value is -2.40. The van der Waals surface area contributed by atoms with Crippen LogP contribution in [0.25, 0.3) is 5.57 Å². The maximum atomic E-state index is 12.6. The van der Waals surface area contributed by atoms with E-state index >= 15 is 0 Å². The zero-order valence-corrected chi connectivity index (χ0v) is 19.0. The molecular formula is C26H31NO3S. The van der Waals surface area contributed by atoms with Gasteiger partial charge in [0.05, 0.1) is 17.9 Å². The van der Waals surface area contributed by atoms with Gasteiger partial charge in [0, 0.05) is 6.54 Å². The lowest BCUT2D eigenvalue weighted by atomic mass is 9.82. The van der Waals surface area contributed by atoms with Crippen molar-refractivity contribution >= 4 is 28.8 Å². The molecule has 1 aromatic heterocycles. The Bertz CT molecular complexity index is 925. The smallest absolute Gasteiger partial charge is 0.308 e. The van der Waals surface area contributed by atoms with Crippen LogP contribution in [-0.4, -0.2) is 25.5 Å². The summed E-state index contributed by atoms with van der Waals surface area (Å²) in [6.07, 6.45) is 9.26. The van der Waals surface area contributed by atoms with Gasteiger partial charge in [-0.15, -0.1) is 11.3 Å². The van der Waals surface area contributed by atoms with Gasteiger partial charge in [0.1, 0.15) is 0 Å². The third-order valence-corrected chi connectivity index (χ3v) is 7.74. The third-order valence-electron chi connectivity index (χ3n) is 6.81. The maximum absolute atomic E-state index is 12.6. The first-order valence-corrected chi connectivity index (χ1v) is 12.2. The molecule has 1 aromatic carbocycles. The fourth-order valence-corrected chi connectivity index (χ4v) is 5.69. The van der Waals surface area contributed by atoms with Crippen LogP contribution in [0.4, 0.5) is 0 Å². The summed E-state index contributed by atoms with van der Waals surface area (Å²) < 4.78 is 4.85. The molecule has 1 heterocycles. The van der Waals surface area contributed by atoms with Crippen LogP contribution in [0.1, 0.15) is 71.7 Å². The van der Waals surface area contributed by atoms with Gasteiger partial charge in [-0.1, -0.05) is 36.4 Å². The second-order valence-electron chi connectivity index (χ2n) is 8.76. The summed E-state index contributed by atoms with van der Waals surface area (Å²) in [5.74, 6) is 0.994. The number of rotatable bonds is 6. The molecule has 0 saturated heterocycles. The Labute approximate surface area is 188 Å². The van der Waals surface area contributed by atoms with Crippen molar-refractivity contribution < 1.29 is 14.3 Å². The van der Waals surface area contributed by atoms with Crippen LogP contribution < -0.4 is 5.32 Å². The van der Waals surface area contributed by atoms with Crippen LogP contribution >= 0.6 is 11.3 Å². The average Bonchev–Trinajstić information content (AvgIpc) is 3.33. The van der Waals surface area contributed by atoms with Gasteiger partial charge in [0.15, 0.2) is 0 Å². The summed E-state index contributed by atoms with van der Waals surface area (Å²) in [5, 5.41) is 5.22. The molecule has 4 nitrogen and oxygen atoms in total. The van der Waals surface area contributed by atoms with Crippen molar-refractivity contribution in [1.29, 1.82) is 0 Å². The number of hydrogen-bond donors (Lipinski definition) is 1. The van der Waals surface area contributed by atoms with Crippen LogP contribution in [0.3, 0.4) is 0 Å². The third kappa shape index (κ3) is 5.45. The molecule has 1 unspecified atom stereocenters. The van der Waals surface area contributed by atoms with Gasteiger partial charge in [0.25, 0.3) is 5.91 Å². The molecule has 1 fully saturated rings. The Kier molecular flexibility index (Phi) is 7.23. The van der Waals surface area contributed by atoms with E-state index in [-0.39, 0.29) is 17.8 Å². The normalized spacial score (nSPS) is 23.6. The first-order chi connectivity index (χ1) is 15.1. The minimum Gasteiger partial charge on any atom is -0.469 e. The quantitative estimate of drug-likeness (QED) is 0.580. The number of methoxy groups -OCH3 is 1. The van der Waals surface area contributed by atoms with Gasteiger partial charge in [-0.2, -0.15) is 0 Å². The topological polar surface area (TPSA) is 55.4 Å². The second kappa shape index (κ2) is 10.3. The van der Waals surface area contributed by atoms with Crippen molar-refractivity contribution in [3.05, 3.63) is 63.9 Å². The van der Waals surface area contributed by atoms with Crippen molar-refractivity contribution in [1.82, 2.24) is 5.32 Å². The molecule has 164 valence electrons. The highest BCUT2D eigenvalue weighted by molar-refractivity contribution is 7.12. The molecule has 0 radical (unpaired) electrons. The molecule has 0 spiro atoms. The Balaban J connectivity index is 1.27. The van der Waals surface area contributed by atoms with E-state index in [0.29, 0.717) is 18.4 Å². The van der Waals surface area contributed by atoms with Gasteiger partial charge in [0.2, 0.25) is 0 Å². The average molecular weight is 438 g/mol. The predicted octanol–water partition coefficient (Wildman–Crippen LogP) is 5.81. The van der Waals surface area contributed by atoms with Crippen LogP contribution in [0, 0.1) is 11.8 Å². The van der Waals surface area contributed by atoms with E-state index in [1.807, 2.05) is 6.07 Å². The number of carbonyl (C=O) groups excluding carboxylic acids is 2. The monoisotopic (exact) mass is 437 g/mol. The molecule has 31 heavy (non-hydrogen) atoms. The highest BCUT2D eigenvalue weighted by Crippen LogP contribution is 2.37. The standard InChI is InChI=1S/C26H31NO3S/c1-30-26(29)22-9-7-18(8-10-22)16-27-25(28)24-15-23(17-31-24)21-13-11-20(12-14-21)19-5-3-2-4-6-19/h2-6,13,15,17-18,20,22H,7-12,14,16H2,1H3,(H,27,28). The molecule has 1 saturated carbocycles. The van der Waals surface area contributed by atoms with E-state index in [9.17, 15) is 9.59 Å². The molecule has 0 bridgehead atoms. The lowest BCUT2D eigenvalue weighted by Crippen LogP contribution is -2.32. The Morgan fingerprint density at radius 3 is 2.55 bits per heavy atom. The molecule has 5 heteroatoms. The largest absolute Gasteiger partial charge is 0.469 e. The van der Waals surface area contributed by atoms with Crippen molar-refractivity contribution in [2.75, 3.05) is 13.7 Å². The molecule has 2 aliphatic rings.